The Hall–Kier alpha value is -0.0931. The van der Waals surface area contributed by atoms with Crippen molar-refractivity contribution in [2.45, 2.75) is 78.1 Å². The van der Waals surface area contributed by atoms with E-state index in [2.05, 4.69) is 53.8 Å². The molecule has 0 heterocycles. The Kier molecular flexibility index (Phi) is 8.64. The van der Waals surface area contributed by atoms with Crippen LogP contribution < -0.4 is 0 Å². The maximum absolute atomic E-state index is 10.7. The summed E-state index contributed by atoms with van der Waals surface area (Å²) in [5.74, 6) is 0.336. The Balaban J connectivity index is 4.78. The Morgan fingerprint density at radius 1 is 1.14 bits per heavy atom. The fourth-order valence-electron chi connectivity index (χ4n) is 1.79. The van der Waals surface area contributed by atoms with Gasteiger partial charge >= 0.3 is 0 Å². The van der Waals surface area contributed by atoms with Crippen LogP contribution in [0.4, 0.5) is 0 Å². The van der Waals surface area contributed by atoms with Gasteiger partial charge < -0.3 is 9.53 Å². The summed E-state index contributed by atoms with van der Waals surface area (Å²) in [5.41, 5.74) is 1.26. The summed E-state index contributed by atoms with van der Waals surface area (Å²) in [5, 5.41) is 10.8. The maximum atomic E-state index is 10.7. The summed E-state index contributed by atoms with van der Waals surface area (Å²) in [6.45, 7) is 17.6. The highest BCUT2D eigenvalue weighted by atomic mass is 35.5. The summed E-state index contributed by atoms with van der Waals surface area (Å²) in [6, 6.07) is 0. The molecule has 0 bridgehead atoms. The van der Waals surface area contributed by atoms with Crippen molar-refractivity contribution in [3.8, 4) is 0 Å². The van der Waals surface area contributed by atoms with Gasteiger partial charge in [-0.1, -0.05) is 38.5 Å². The van der Waals surface area contributed by atoms with Crippen LogP contribution in [0, 0.1) is 0 Å². The Morgan fingerprint density at radius 3 is 2.09 bits per heavy atom. The van der Waals surface area contributed by atoms with Crippen molar-refractivity contribution >= 4 is 19.9 Å². The molecule has 130 valence electrons. The molecule has 0 aliphatic heterocycles. The average Bonchev–Trinajstić information content (AvgIpc) is 2.32. The third kappa shape index (κ3) is 7.45. The molecule has 0 spiro atoms. The first-order valence-electron chi connectivity index (χ1n) is 8.08. The first-order chi connectivity index (χ1) is 9.83. The monoisotopic (exact) mass is 346 g/mol. The lowest BCUT2D eigenvalue weighted by Gasteiger charge is -2.36. The minimum absolute atomic E-state index is 0.188. The lowest BCUT2D eigenvalue weighted by atomic mass is 9.91. The van der Waals surface area contributed by atoms with E-state index in [0.29, 0.717) is 18.9 Å². The van der Waals surface area contributed by atoms with Crippen LogP contribution in [-0.4, -0.2) is 31.5 Å². The molecule has 0 aromatic rings. The average molecular weight is 347 g/mol. The van der Waals surface area contributed by atoms with Crippen LogP contribution in [-0.2, 0) is 4.43 Å². The molecule has 0 saturated carbocycles. The normalized spacial score (nSPS) is 16.4. The van der Waals surface area contributed by atoms with E-state index >= 15 is 0 Å². The Morgan fingerprint density at radius 2 is 1.68 bits per heavy atom. The highest BCUT2D eigenvalue weighted by molar-refractivity contribution is 6.74. The number of rotatable bonds is 8. The SMILES string of the molecule is CC(C)=CCCC(C)(O)/C(=C\CO[Si](C)(C)C(C)(C)C)CCl. The van der Waals surface area contributed by atoms with Crippen LogP contribution in [0.3, 0.4) is 0 Å². The van der Waals surface area contributed by atoms with Gasteiger partial charge in [0.1, 0.15) is 0 Å². The van der Waals surface area contributed by atoms with Gasteiger partial charge in [0, 0.05) is 5.88 Å². The second-order valence-corrected chi connectivity index (χ2v) is 13.1. The van der Waals surface area contributed by atoms with Crippen LogP contribution in [0.25, 0.3) is 0 Å². The molecule has 0 aromatic carbocycles. The first-order valence-corrected chi connectivity index (χ1v) is 11.5. The molecule has 0 aliphatic carbocycles. The summed E-state index contributed by atoms with van der Waals surface area (Å²) in [4.78, 5) is 0. The molecule has 4 heteroatoms. The van der Waals surface area contributed by atoms with E-state index in [1.54, 1.807) is 0 Å². The molecule has 0 aromatic heterocycles. The number of hydrogen-bond acceptors (Lipinski definition) is 2. The predicted octanol–water partition coefficient (Wildman–Crippen LogP) is 5.67. The van der Waals surface area contributed by atoms with Crippen molar-refractivity contribution < 1.29 is 9.53 Å². The zero-order valence-corrected chi connectivity index (χ0v) is 17.5. The summed E-state index contributed by atoms with van der Waals surface area (Å²) < 4.78 is 6.14. The Labute approximate surface area is 143 Å². The number of alkyl halides is 1. The maximum Gasteiger partial charge on any atom is 0.192 e. The molecule has 1 atom stereocenters. The molecular weight excluding hydrogens is 312 g/mol. The van der Waals surface area contributed by atoms with Gasteiger partial charge in [-0.2, -0.15) is 0 Å². The fraction of sp³-hybridized carbons (Fsp3) is 0.778. The quantitative estimate of drug-likeness (QED) is 0.348. The summed E-state index contributed by atoms with van der Waals surface area (Å²) >= 11 is 6.05. The highest BCUT2D eigenvalue weighted by Crippen LogP contribution is 2.36. The molecule has 0 aliphatic rings. The predicted molar refractivity (Wildman–Crippen MR) is 101 cm³/mol. The molecule has 0 fully saturated rings. The van der Waals surface area contributed by atoms with Gasteiger partial charge in [-0.25, -0.2) is 0 Å². The van der Waals surface area contributed by atoms with Crippen molar-refractivity contribution in [1.29, 1.82) is 0 Å². The van der Waals surface area contributed by atoms with Gasteiger partial charge in [-0.3, -0.25) is 0 Å². The second-order valence-electron chi connectivity index (χ2n) is 8.03. The molecule has 0 amide bonds. The smallest absolute Gasteiger partial charge is 0.192 e. The number of hydrogen-bond donors (Lipinski definition) is 1. The largest absolute Gasteiger partial charge is 0.413 e. The van der Waals surface area contributed by atoms with Crippen LogP contribution in [0.5, 0.6) is 0 Å². The topological polar surface area (TPSA) is 29.5 Å². The highest BCUT2D eigenvalue weighted by Gasteiger charge is 2.36. The Bertz CT molecular complexity index is 400. The van der Waals surface area contributed by atoms with Gasteiger partial charge in [-0.15, -0.1) is 11.6 Å². The van der Waals surface area contributed by atoms with Gasteiger partial charge in [0.15, 0.2) is 8.32 Å². The van der Waals surface area contributed by atoms with E-state index in [1.165, 1.54) is 5.57 Å². The third-order valence-electron chi connectivity index (χ3n) is 4.60. The van der Waals surface area contributed by atoms with E-state index in [1.807, 2.05) is 13.0 Å². The molecular formula is C18H35ClO2Si. The molecule has 0 saturated heterocycles. The number of allylic oxidation sites excluding steroid dienone is 2. The zero-order valence-electron chi connectivity index (χ0n) is 15.7. The molecule has 0 radical (unpaired) electrons. The zero-order chi connectivity index (χ0) is 17.6. The fourth-order valence-corrected chi connectivity index (χ4v) is 3.12. The molecule has 22 heavy (non-hydrogen) atoms. The second kappa shape index (κ2) is 8.67. The van der Waals surface area contributed by atoms with Crippen LogP contribution >= 0.6 is 11.6 Å². The van der Waals surface area contributed by atoms with Crippen LogP contribution in [0.15, 0.2) is 23.3 Å². The van der Waals surface area contributed by atoms with Crippen molar-refractivity contribution in [3.63, 3.8) is 0 Å². The lowest BCUT2D eigenvalue weighted by molar-refractivity contribution is 0.0896. The molecule has 2 nitrogen and oxygen atoms in total. The van der Waals surface area contributed by atoms with Crippen LogP contribution in [0.1, 0.15) is 54.4 Å². The van der Waals surface area contributed by atoms with E-state index in [9.17, 15) is 5.11 Å². The van der Waals surface area contributed by atoms with E-state index < -0.39 is 13.9 Å². The minimum atomic E-state index is -1.76. The van der Waals surface area contributed by atoms with Crippen molar-refractivity contribution in [2.75, 3.05) is 12.5 Å². The molecule has 0 rings (SSSR count). The van der Waals surface area contributed by atoms with E-state index in [0.717, 1.165) is 12.0 Å². The van der Waals surface area contributed by atoms with Crippen LogP contribution in [0.2, 0.25) is 18.1 Å². The minimum Gasteiger partial charge on any atom is -0.413 e. The van der Waals surface area contributed by atoms with E-state index in [4.69, 9.17) is 16.0 Å². The summed E-state index contributed by atoms with van der Waals surface area (Å²) in [6.07, 6.45) is 5.64. The third-order valence-corrected chi connectivity index (χ3v) is 9.39. The molecule has 1 N–H and O–H groups in total. The molecule has 1 unspecified atom stereocenters. The van der Waals surface area contributed by atoms with Crippen molar-refractivity contribution in [3.05, 3.63) is 23.3 Å². The van der Waals surface area contributed by atoms with Gasteiger partial charge in [0.05, 0.1) is 12.2 Å². The summed E-state index contributed by atoms with van der Waals surface area (Å²) in [7, 11) is -1.76. The van der Waals surface area contributed by atoms with Gasteiger partial charge in [0.2, 0.25) is 0 Å². The van der Waals surface area contributed by atoms with Crippen molar-refractivity contribution in [1.82, 2.24) is 0 Å². The van der Waals surface area contributed by atoms with Crippen molar-refractivity contribution in [2.24, 2.45) is 0 Å². The van der Waals surface area contributed by atoms with Gasteiger partial charge in [-0.05, 0) is 57.3 Å². The standard InChI is InChI=1S/C18H35ClO2Si/c1-15(2)10-9-12-18(6,20)16(14-19)11-13-21-22(7,8)17(3,4)5/h10-11,20H,9,12-14H2,1-8H3/b16-11-. The van der Waals surface area contributed by atoms with E-state index in [-0.39, 0.29) is 5.04 Å². The number of aliphatic hydroxyl groups is 1. The first kappa shape index (κ1) is 21.9. The van der Waals surface area contributed by atoms with Gasteiger partial charge in [0.25, 0.3) is 0 Å². The lowest BCUT2D eigenvalue weighted by Crippen LogP contribution is -2.41. The number of halogens is 1.